The van der Waals surface area contributed by atoms with E-state index >= 15 is 0 Å². The van der Waals surface area contributed by atoms with E-state index in [9.17, 15) is 28.8 Å². The average molecular weight is 1510 g/mol. The summed E-state index contributed by atoms with van der Waals surface area (Å²) in [5.74, 6) is -1.30. The maximum atomic E-state index is 14.4. The predicted molar refractivity (Wildman–Crippen MR) is 426 cm³/mol. The predicted octanol–water partition coefficient (Wildman–Crippen LogP) is 19.4. The van der Waals surface area contributed by atoms with Gasteiger partial charge in [0.2, 0.25) is 10.3 Å². The molecule has 22 heteroatoms. The number of hydrogen-bond donors (Lipinski definition) is 0. The van der Waals surface area contributed by atoms with E-state index in [2.05, 4.69) is 39.1 Å². The molecule has 8 aromatic rings. The van der Waals surface area contributed by atoms with Gasteiger partial charge in [-0.05, 0) is 224 Å². The van der Waals surface area contributed by atoms with E-state index in [1.165, 1.54) is 0 Å². The van der Waals surface area contributed by atoms with E-state index in [0.717, 1.165) is 157 Å². The number of hydrogen-bond acceptors (Lipinski definition) is 22. The first-order valence-corrected chi connectivity index (χ1v) is 40.0. The second kappa shape index (κ2) is 43.1. The number of aromatic nitrogens is 2. The van der Waals surface area contributed by atoms with Gasteiger partial charge in [0, 0.05) is 36.4 Å². The van der Waals surface area contributed by atoms with E-state index in [1.54, 1.807) is 95.8 Å². The summed E-state index contributed by atoms with van der Waals surface area (Å²) in [6.07, 6.45) is 24.3. The Morgan fingerprint density at radius 2 is 0.759 bits per heavy atom. The van der Waals surface area contributed by atoms with Crippen molar-refractivity contribution in [1.29, 1.82) is 0 Å². The first kappa shape index (κ1) is 80.5. The van der Waals surface area contributed by atoms with Crippen molar-refractivity contribution < 1.29 is 66.7 Å². The van der Waals surface area contributed by atoms with E-state index < -0.39 is 47.5 Å². The molecule has 20 nitrogen and oxygen atoms in total. The summed E-state index contributed by atoms with van der Waals surface area (Å²) < 4.78 is 48.5. The smallest absolute Gasteiger partial charge is 0.330 e. The number of para-hydroxylation sites is 2. The van der Waals surface area contributed by atoms with Crippen molar-refractivity contribution in [2.45, 2.75) is 168 Å². The molecule has 0 atom stereocenters. The van der Waals surface area contributed by atoms with Crippen LogP contribution in [0, 0.1) is 23.7 Å². The molecular formula is C86H100N6O14S2. The number of esters is 6. The summed E-state index contributed by atoms with van der Waals surface area (Å²) in [6, 6.07) is 41.3. The fourth-order valence-electron chi connectivity index (χ4n) is 12.9. The fraction of sp³-hybridized carbons (Fsp3) is 0.419. The number of fused-ring (bicyclic) bond motifs is 2. The summed E-state index contributed by atoms with van der Waals surface area (Å²) in [5.41, 5.74) is 4.35. The number of unbranched alkanes of at least 4 members (excludes halogenated alkanes) is 12. The first-order valence-electron chi connectivity index (χ1n) is 38.4. The van der Waals surface area contributed by atoms with Crippen molar-refractivity contribution in [3.8, 4) is 45.6 Å². The number of carbonyl (C=O) groups is 6. The van der Waals surface area contributed by atoms with Gasteiger partial charge in [0.25, 0.3) is 0 Å². The Labute approximate surface area is 641 Å². The van der Waals surface area contributed by atoms with Crippen molar-refractivity contribution in [2.24, 2.45) is 33.9 Å². The minimum Gasteiger partial charge on any atom is -0.494 e. The first-order chi connectivity index (χ1) is 52.8. The molecule has 6 aromatic carbocycles. The summed E-state index contributed by atoms with van der Waals surface area (Å²) in [5, 5.41) is 15.6. The van der Waals surface area contributed by atoms with E-state index in [4.69, 9.17) is 58.1 Å². The van der Waals surface area contributed by atoms with Gasteiger partial charge in [0.05, 0.1) is 83.0 Å². The van der Waals surface area contributed by atoms with E-state index in [1.807, 2.05) is 70.7 Å². The highest BCUT2D eigenvalue weighted by molar-refractivity contribution is 7.22. The molecular weight excluding hydrogens is 1410 g/mol. The Balaban J connectivity index is 0.843. The number of rotatable bonds is 43. The number of thiazole rings is 2. The maximum absolute atomic E-state index is 14.4. The van der Waals surface area contributed by atoms with Gasteiger partial charge in [-0.15, -0.1) is 0 Å². The van der Waals surface area contributed by atoms with E-state index in [0.29, 0.717) is 137 Å². The summed E-state index contributed by atoms with van der Waals surface area (Å²) in [6.45, 7) is 14.2. The molecule has 2 saturated carbocycles. The molecule has 0 amide bonds. The Morgan fingerprint density at radius 3 is 1.12 bits per heavy atom. The van der Waals surface area contributed by atoms with Crippen LogP contribution in [0.25, 0.3) is 31.6 Å². The molecule has 0 aliphatic heterocycles. The van der Waals surface area contributed by atoms with Gasteiger partial charge < -0.3 is 37.9 Å². The molecule has 2 fully saturated rings. The number of anilines is 2. The molecule has 2 aromatic heterocycles. The Hall–Kier alpha value is -10.1. The van der Waals surface area contributed by atoms with Crippen molar-refractivity contribution in [3.63, 3.8) is 0 Å². The molecule has 10 rings (SSSR count). The normalized spacial score (nSPS) is 15.7. The van der Waals surface area contributed by atoms with Crippen LogP contribution in [0.15, 0.2) is 169 Å². The zero-order chi connectivity index (χ0) is 75.7. The number of benzene rings is 6. The van der Waals surface area contributed by atoms with Crippen LogP contribution < -0.4 is 38.4 Å². The van der Waals surface area contributed by atoms with Crippen LogP contribution >= 0.6 is 22.7 Å². The molecule has 570 valence electrons. The minimum atomic E-state index is -0.473. The lowest BCUT2D eigenvalue weighted by molar-refractivity contribution is -0.145. The van der Waals surface area contributed by atoms with Gasteiger partial charge >= 0.3 is 35.8 Å². The Kier molecular flexibility index (Phi) is 32.1. The summed E-state index contributed by atoms with van der Waals surface area (Å²) in [4.78, 5) is 88.6. The van der Waals surface area contributed by atoms with Crippen LogP contribution in [0.5, 0.6) is 34.5 Å². The highest BCUT2D eigenvalue weighted by Gasteiger charge is 2.35. The van der Waals surface area contributed by atoms with Crippen LogP contribution in [-0.4, -0.2) is 97.7 Å². The summed E-state index contributed by atoms with van der Waals surface area (Å²) in [7, 11) is 0. The van der Waals surface area contributed by atoms with Crippen LogP contribution in [0.2, 0.25) is 0 Å². The molecule has 2 aliphatic carbocycles. The van der Waals surface area contributed by atoms with Crippen LogP contribution in [0.3, 0.4) is 0 Å². The number of carbonyl (C=O) groups excluding carboxylic acids is 6. The third kappa shape index (κ3) is 25.0. The van der Waals surface area contributed by atoms with Crippen LogP contribution in [0.1, 0.15) is 179 Å². The second-order valence-electron chi connectivity index (χ2n) is 27.3. The lowest BCUT2D eigenvalue weighted by Crippen LogP contribution is -2.30. The zero-order valence-corrected chi connectivity index (χ0v) is 63.8. The van der Waals surface area contributed by atoms with Gasteiger partial charge in [-0.25, -0.2) is 29.6 Å². The molecule has 0 unspecified atom stereocenters. The average Bonchev–Trinajstić information content (AvgIpc) is 1.34. The van der Waals surface area contributed by atoms with Gasteiger partial charge in [-0.1, -0.05) is 125 Å². The molecule has 0 bridgehead atoms. The molecule has 2 heterocycles. The van der Waals surface area contributed by atoms with Gasteiger partial charge in [-0.3, -0.25) is 19.2 Å². The van der Waals surface area contributed by atoms with Gasteiger partial charge in [0.1, 0.15) is 34.5 Å². The SMILES string of the molecule is C=CC(=O)OCCCCCCOc1ccc(OC(=O)C2CCC(C(=O)Oc3ccc(-c4ccc(OC(=O)C5CCC(C(=O)Oc6ccc(OCCCCCCOC(=O)C=C)cc6)CC5)c(/C=N/N(CCCCCC)c5nc6ccccc6s5)c4)cc3/C=N/N(CCCCCC)c3nc4ccccc4s3)CC2)cc1. The molecule has 0 saturated heterocycles. The monoisotopic (exact) mass is 1500 g/mol. The number of nitrogens with zero attached hydrogens (tertiary/aromatic N) is 6. The fourth-order valence-corrected chi connectivity index (χ4v) is 14.8. The summed E-state index contributed by atoms with van der Waals surface area (Å²) >= 11 is 3.13. The third-order valence-electron chi connectivity index (χ3n) is 19.2. The zero-order valence-electron chi connectivity index (χ0n) is 62.2. The van der Waals surface area contributed by atoms with Gasteiger partial charge in [-0.2, -0.15) is 10.2 Å². The van der Waals surface area contributed by atoms with E-state index in [-0.39, 0.29) is 11.9 Å². The molecule has 0 radical (unpaired) electrons. The van der Waals surface area contributed by atoms with Crippen LogP contribution in [-0.2, 0) is 38.2 Å². The topological polar surface area (TPSA) is 233 Å². The highest BCUT2D eigenvalue weighted by Crippen LogP contribution is 2.38. The molecule has 2 aliphatic rings. The second-order valence-corrected chi connectivity index (χ2v) is 29.3. The van der Waals surface area contributed by atoms with Crippen molar-refractivity contribution in [3.05, 3.63) is 170 Å². The van der Waals surface area contributed by atoms with Crippen molar-refractivity contribution in [1.82, 2.24) is 9.97 Å². The molecule has 0 spiro atoms. The number of ether oxygens (including phenoxy) is 8. The third-order valence-corrected chi connectivity index (χ3v) is 21.3. The van der Waals surface area contributed by atoms with Crippen molar-refractivity contribution >= 4 is 102 Å². The maximum Gasteiger partial charge on any atom is 0.330 e. The minimum absolute atomic E-state index is 0.313. The lowest BCUT2D eigenvalue weighted by Gasteiger charge is -2.26. The van der Waals surface area contributed by atoms with Crippen LogP contribution in [0.4, 0.5) is 10.3 Å². The van der Waals surface area contributed by atoms with Gasteiger partial charge in [0.15, 0.2) is 0 Å². The Morgan fingerprint density at radius 1 is 0.417 bits per heavy atom. The largest absolute Gasteiger partial charge is 0.494 e. The molecule has 0 N–H and O–H groups in total. The quantitative estimate of drug-likeness (QED) is 0.00863. The lowest BCUT2D eigenvalue weighted by atomic mass is 9.82. The Bertz CT molecular complexity index is 3970. The van der Waals surface area contributed by atoms with Crippen molar-refractivity contribution in [2.75, 3.05) is 49.5 Å². The molecule has 108 heavy (non-hydrogen) atoms. The highest BCUT2D eigenvalue weighted by atomic mass is 32.1. The number of hydrazone groups is 2. The standard InChI is InChI=1S/C86H100N6O14S2/c1-5-9-11-21-51-91(85-89-73-27-17-19-29-77(73)107-85)87-59-67-57-65(39-49-75(67)105-83(97)63-35-31-61(32-36-63)81(95)103-71-45-41-69(42-46-71)99-53-23-13-15-25-55-101-79(93)7-3)66-40-50-76(68(58-66)60-88-92(52-22-12-10-6-2)86-90-74-28-18-20-30-78(74)108-86)106-84(98)64-37-33-62(34-38-64)82(96)104-72-47-43-70(44-48-72)100-54-24-14-16-26-56-102-80(94)8-4/h7-8,17-20,27-30,39-50,57-64H,3-6,9-16,21-26,31-38,51-56H2,1-2H3/b87-59+,88-60+.